The van der Waals surface area contributed by atoms with E-state index in [1.54, 1.807) is 11.5 Å². The molecule has 3 fully saturated rings. The van der Waals surface area contributed by atoms with Gasteiger partial charge in [-0.05, 0) is 85.5 Å². The smallest absolute Gasteiger partial charge is 0.222 e. The van der Waals surface area contributed by atoms with Gasteiger partial charge in [0.25, 0.3) is 0 Å². The minimum atomic E-state index is -1.32. The van der Waals surface area contributed by atoms with Crippen molar-refractivity contribution < 1.29 is 13.8 Å². The number of rotatable bonds is 3. The molecule has 0 aromatic heterocycles. The lowest BCUT2D eigenvalue weighted by Crippen LogP contribution is -2.50. The molecule has 0 N–H and O–H groups in total. The van der Waals surface area contributed by atoms with Gasteiger partial charge in [0, 0.05) is 10.3 Å². The third kappa shape index (κ3) is 2.94. The van der Waals surface area contributed by atoms with Crippen molar-refractivity contribution in [3.8, 4) is 0 Å². The van der Waals surface area contributed by atoms with Crippen molar-refractivity contribution in [3.05, 3.63) is 53.5 Å². The summed E-state index contributed by atoms with van der Waals surface area (Å²) in [5, 5.41) is 1.65. The van der Waals surface area contributed by atoms with Crippen LogP contribution in [0, 0.1) is 28.6 Å². The van der Waals surface area contributed by atoms with Gasteiger partial charge in [-0.2, -0.15) is 0 Å². The zero-order valence-electron chi connectivity index (χ0n) is 17.6. The van der Waals surface area contributed by atoms with Crippen LogP contribution in [0.15, 0.2) is 58.4 Å². The monoisotopic (exact) mass is 422 g/mol. The number of benzene rings is 1. The second-order valence-electron chi connectivity index (χ2n) is 9.96. The Labute approximate surface area is 181 Å². The van der Waals surface area contributed by atoms with Gasteiger partial charge in [-0.15, -0.1) is 0 Å². The van der Waals surface area contributed by atoms with Crippen LogP contribution in [0.3, 0.4) is 0 Å². The molecule has 0 radical (unpaired) electrons. The lowest BCUT2D eigenvalue weighted by Gasteiger charge is -2.58. The van der Waals surface area contributed by atoms with Crippen molar-refractivity contribution in [2.45, 2.75) is 63.2 Å². The fraction of sp³-hybridized carbons (Fsp3) is 0.538. The SMILES string of the molecule is C[C@]12CCCCC1CC[C@H]1C3=CC(=O)C(=O)[C@@]3(C=CS(=O)c3ccccc3)CC[C@@H]12. The summed E-state index contributed by atoms with van der Waals surface area (Å²) >= 11 is 0. The number of ketones is 2. The van der Waals surface area contributed by atoms with Crippen LogP contribution in [-0.2, 0) is 20.4 Å². The van der Waals surface area contributed by atoms with E-state index in [2.05, 4.69) is 6.92 Å². The summed E-state index contributed by atoms with van der Waals surface area (Å²) in [5.41, 5.74) is 0.500. The van der Waals surface area contributed by atoms with Crippen LogP contribution in [0.5, 0.6) is 0 Å². The molecule has 0 saturated heterocycles. The Kier molecular flexibility index (Phi) is 4.96. The number of carbonyl (C=O) groups excluding carboxylic acids is 2. The van der Waals surface area contributed by atoms with Crippen LogP contribution in [0.1, 0.15) is 58.3 Å². The van der Waals surface area contributed by atoms with Crippen LogP contribution in [0.2, 0.25) is 0 Å². The maximum atomic E-state index is 13.1. The summed E-state index contributed by atoms with van der Waals surface area (Å²) < 4.78 is 12.8. The lowest BCUT2D eigenvalue weighted by atomic mass is 9.46. The highest BCUT2D eigenvalue weighted by Crippen LogP contribution is 2.64. The number of hydrogen-bond acceptors (Lipinski definition) is 3. The molecule has 0 aliphatic heterocycles. The van der Waals surface area contributed by atoms with Gasteiger partial charge in [0.15, 0.2) is 0 Å². The molecule has 30 heavy (non-hydrogen) atoms. The minimum Gasteiger partial charge on any atom is -0.289 e. The van der Waals surface area contributed by atoms with Gasteiger partial charge in [0.1, 0.15) is 0 Å². The van der Waals surface area contributed by atoms with Gasteiger partial charge in [-0.25, -0.2) is 4.21 Å². The summed E-state index contributed by atoms with van der Waals surface area (Å²) in [6, 6.07) is 9.29. The largest absolute Gasteiger partial charge is 0.289 e. The van der Waals surface area contributed by atoms with Gasteiger partial charge in [0.05, 0.1) is 16.2 Å². The Bertz CT molecular complexity index is 962. The first kappa shape index (κ1) is 20.1. The van der Waals surface area contributed by atoms with Gasteiger partial charge in [-0.1, -0.05) is 44.0 Å². The van der Waals surface area contributed by atoms with Crippen molar-refractivity contribution >= 4 is 22.4 Å². The highest BCUT2D eigenvalue weighted by Gasteiger charge is 2.59. The number of hydrogen-bond donors (Lipinski definition) is 0. The van der Waals surface area contributed by atoms with E-state index in [0.717, 1.165) is 29.2 Å². The number of Topliss-reactive ketones (excluding diaryl/α,β-unsaturated/α-hetero) is 1. The fourth-order valence-corrected chi connectivity index (χ4v) is 8.11. The molecular weight excluding hydrogens is 392 g/mol. The normalized spacial score (nSPS) is 39.2. The Hall–Kier alpha value is -1.81. The van der Waals surface area contributed by atoms with Gasteiger partial charge in [-0.3, -0.25) is 9.59 Å². The molecule has 4 heteroatoms. The molecule has 0 spiro atoms. The second kappa shape index (κ2) is 7.40. The third-order valence-corrected chi connectivity index (χ3v) is 9.86. The van der Waals surface area contributed by atoms with Crippen LogP contribution in [0.4, 0.5) is 0 Å². The molecule has 4 aliphatic rings. The van der Waals surface area contributed by atoms with E-state index in [4.69, 9.17) is 0 Å². The maximum Gasteiger partial charge on any atom is 0.222 e. The Morgan fingerprint density at radius 3 is 2.60 bits per heavy atom. The third-order valence-electron chi connectivity index (χ3n) is 8.74. The van der Waals surface area contributed by atoms with Crippen LogP contribution < -0.4 is 0 Å². The molecule has 0 amide bonds. The summed E-state index contributed by atoms with van der Waals surface area (Å²) in [4.78, 5) is 26.4. The Morgan fingerprint density at radius 2 is 1.80 bits per heavy atom. The van der Waals surface area contributed by atoms with E-state index in [1.165, 1.54) is 32.1 Å². The summed E-state index contributed by atoms with van der Waals surface area (Å²) in [6.07, 6.45) is 12.7. The van der Waals surface area contributed by atoms with E-state index in [1.807, 2.05) is 36.4 Å². The minimum absolute atomic E-state index is 0.309. The summed E-state index contributed by atoms with van der Waals surface area (Å²) in [5.74, 6) is 0.977. The number of fused-ring (bicyclic) bond motifs is 5. The molecule has 4 aliphatic carbocycles. The van der Waals surface area contributed by atoms with E-state index in [9.17, 15) is 13.8 Å². The maximum absolute atomic E-state index is 13.1. The fourth-order valence-electron chi connectivity index (χ4n) is 7.17. The predicted octanol–water partition coefficient (Wildman–Crippen LogP) is 5.39. The second-order valence-corrected chi connectivity index (χ2v) is 11.3. The highest BCUT2D eigenvalue weighted by molar-refractivity contribution is 7.88. The number of carbonyl (C=O) groups is 2. The van der Waals surface area contributed by atoms with E-state index >= 15 is 0 Å². The highest BCUT2D eigenvalue weighted by atomic mass is 32.2. The van der Waals surface area contributed by atoms with Crippen LogP contribution >= 0.6 is 0 Å². The lowest BCUT2D eigenvalue weighted by molar-refractivity contribution is -0.138. The molecule has 1 aromatic carbocycles. The van der Waals surface area contributed by atoms with Crippen molar-refractivity contribution in [2.24, 2.45) is 28.6 Å². The molecule has 6 atom stereocenters. The van der Waals surface area contributed by atoms with Gasteiger partial charge >= 0.3 is 0 Å². The molecule has 3 nitrogen and oxygen atoms in total. The average Bonchev–Trinajstić information content (AvgIpc) is 3.03. The molecule has 158 valence electrons. The molecule has 0 bridgehead atoms. The van der Waals surface area contributed by atoms with E-state index < -0.39 is 16.2 Å². The van der Waals surface area contributed by atoms with Crippen molar-refractivity contribution in [3.63, 3.8) is 0 Å². The first-order valence-electron chi connectivity index (χ1n) is 11.4. The zero-order valence-corrected chi connectivity index (χ0v) is 18.5. The first-order valence-corrected chi connectivity index (χ1v) is 12.6. The zero-order chi connectivity index (χ0) is 20.9. The average molecular weight is 423 g/mol. The molecule has 0 heterocycles. The molecule has 2 unspecified atom stereocenters. The molecule has 3 saturated carbocycles. The van der Waals surface area contributed by atoms with Crippen molar-refractivity contribution in [1.82, 2.24) is 0 Å². The van der Waals surface area contributed by atoms with Crippen LogP contribution in [0.25, 0.3) is 0 Å². The van der Waals surface area contributed by atoms with E-state index in [0.29, 0.717) is 23.7 Å². The van der Waals surface area contributed by atoms with Gasteiger partial charge < -0.3 is 0 Å². The van der Waals surface area contributed by atoms with E-state index in [-0.39, 0.29) is 11.6 Å². The summed E-state index contributed by atoms with van der Waals surface area (Å²) in [7, 11) is -1.32. The number of allylic oxidation sites excluding steroid dienone is 3. The topological polar surface area (TPSA) is 51.2 Å². The standard InChI is InChI=1S/C26H30O3S/c1-25-13-6-5-7-18(25)10-11-20-21(25)12-14-26(22(20)17-23(27)24(26)28)15-16-30(29)19-8-3-2-4-9-19/h2-4,8-9,15-18,20-21H,5-7,10-14H2,1H3/t18?,20-,21+,25+,26-,30?/m1/s1. The van der Waals surface area contributed by atoms with Crippen molar-refractivity contribution in [1.29, 1.82) is 0 Å². The predicted molar refractivity (Wildman–Crippen MR) is 118 cm³/mol. The Balaban J connectivity index is 1.48. The Morgan fingerprint density at radius 1 is 1.00 bits per heavy atom. The molecule has 1 aromatic rings. The molecular formula is C26H30O3S. The van der Waals surface area contributed by atoms with Crippen molar-refractivity contribution in [2.75, 3.05) is 0 Å². The molecule has 5 rings (SSSR count). The first-order chi connectivity index (χ1) is 14.5. The summed E-state index contributed by atoms with van der Waals surface area (Å²) in [6.45, 7) is 2.47. The quantitative estimate of drug-likeness (QED) is 0.614. The van der Waals surface area contributed by atoms with Crippen LogP contribution in [-0.4, -0.2) is 15.8 Å². The van der Waals surface area contributed by atoms with Gasteiger partial charge in [0.2, 0.25) is 11.6 Å².